The van der Waals surface area contributed by atoms with Crippen LogP contribution in [0.3, 0.4) is 0 Å². The molecule has 0 saturated heterocycles. The van der Waals surface area contributed by atoms with Crippen molar-refractivity contribution in [3.63, 3.8) is 0 Å². The van der Waals surface area contributed by atoms with Gasteiger partial charge in [-0.25, -0.2) is 0 Å². The number of hydrogen-bond donors (Lipinski definition) is 2. The van der Waals surface area contributed by atoms with E-state index in [1.165, 1.54) is 0 Å². The maximum atomic E-state index is 12.2. The Morgan fingerprint density at radius 1 is 1.27 bits per heavy atom. The predicted octanol–water partition coefficient (Wildman–Crippen LogP) is 2.20. The van der Waals surface area contributed by atoms with Crippen LogP contribution >= 0.6 is 0 Å². The second kappa shape index (κ2) is 7.42. The summed E-state index contributed by atoms with van der Waals surface area (Å²) in [4.78, 5) is 16.3. The lowest BCUT2D eigenvalue weighted by Gasteiger charge is -2.12. The van der Waals surface area contributed by atoms with Crippen LogP contribution in [0.2, 0.25) is 0 Å². The number of carbonyl (C=O) groups excluding carboxylic acids is 1. The summed E-state index contributed by atoms with van der Waals surface area (Å²) >= 11 is 0. The van der Waals surface area contributed by atoms with E-state index in [1.54, 1.807) is 43.6 Å². The highest BCUT2D eigenvalue weighted by atomic mass is 16.5. The first kappa shape index (κ1) is 15.8. The molecule has 6 nitrogen and oxygen atoms in total. The lowest BCUT2D eigenvalue weighted by atomic mass is 10.2. The number of methoxy groups -OCH3 is 1. The van der Waals surface area contributed by atoms with Crippen LogP contribution in [0.5, 0.6) is 11.5 Å². The van der Waals surface area contributed by atoms with Gasteiger partial charge < -0.3 is 20.5 Å². The zero-order chi connectivity index (χ0) is 15.9. The van der Waals surface area contributed by atoms with Crippen molar-refractivity contribution >= 4 is 11.6 Å². The molecule has 1 heterocycles. The Morgan fingerprint density at radius 3 is 2.77 bits per heavy atom. The fourth-order valence-corrected chi connectivity index (χ4v) is 1.95. The summed E-state index contributed by atoms with van der Waals surface area (Å²) in [6.07, 6.45) is 1.57. The summed E-state index contributed by atoms with van der Waals surface area (Å²) in [5, 5.41) is 2.81. The zero-order valence-corrected chi connectivity index (χ0v) is 12.6. The lowest BCUT2D eigenvalue weighted by Crippen LogP contribution is -2.13. The second-order valence-corrected chi connectivity index (χ2v) is 4.49. The first-order valence-electron chi connectivity index (χ1n) is 6.95. The lowest BCUT2D eigenvalue weighted by molar-refractivity contribution is 0.102. The number of rotatable bonds is 6. The molecule has 1 amide bonds. The molecule has 2 rings (SSSR count). The van der Waals surface area contributed by atoms with E-state index in [0.717, 1.165) is 0 Å². The smallest absolute Gasteiger partial charge is 0.255 e. The van der Waals surface area contributed by atoms with Gasteiger partial charge in [-0.3, -0.25) is 9.78 Å². The monoisotopic (exact) mass is 301 g/mol. The number of anilines is 1. The topological polar surface area (TPSA) is 86.5 Å². The van der Waals surface area contributed by atoms with Crippen molar-refractivity contribution in [3.05, 3.63) is 47.8 Å². The van der Waals surface area contributed by atoms with Crippen molar-refractivity contribution in [3.8, 4) is 11.5 Å². The molecule has 2 aromatic rings. The number of aromatic nitrogens is 1. The fourth-order valence-electron chi connectivity index (χ4n) is 1.95. The molecule has 0 aliphatic heterocycles. The molecule has 1 aromatic heterocycles. The van der Waals surface area contributed by atoms with Gasteiger partial charge in [0, 0.05) is 30.1 Å². The van der Waals surface area contributed by atoms with E-state index in [1.807, 2.05) is 6.92 Å². The molecule has 0 aliphatic rings. The number of benzene rings is 1. The van der Waals surface area contributed by atoms with Crippen LogP contribution in [0.1, 0.15) is 23.0 Å². The van der Waals surface area contributed by atoms with E-state index in [9.17, 15) is 4.79 Å². The van der Waals surface area contributed by atoms with Gasteiger partial charge in [0.15, 0.2) is 11.5 Å². The molecular formula is C16H19N3O3. The minimum Gasteiger partial charge on any atom is -0.493 e. The summed E-state index contributed by atoms with van der Waals surface area (Å²) in [5.41, 5.74) is 7.32. The Hall–Kier alpha value is -2.60. The van der Waals surface area contributed by atoms with Crippen molar-refractivity contribution < 1.29 is 14.3 Å². The third-order valence-corrected chi connectivity index (χ3v) is 3.01. The molecule has 1 aromatic carbocycles. The molecule has 0 aliphatic carbocycles. The number of ether oxygens (including phenoxy) is 2. The normalized spacial score (nSPS) is 10.1. The quantitative estimate of drug-likeness (QED) is 0.854. The maximum Gasteiger partial charge on any atom is 0.255 e. The molecular weight excluding hydrogens is 282 g/mol. The molecule has 6 heteroatoms. The van der Waals surface area contributed by atoms with Crippen molar-refractivity contribution in [1.29, 1.82) is 0 Å². The molecule has 0 unspecified atom stereocenters. The maximum absolute atomic E-state index is 12.2. The minimum absolute atomic E-state index is 0.233. The van der Waals surface area contributed by atoms with Crippen LogP contribution in [0.15, 0.2) is 36.5 Å². The van der Waals surface area contributed by atoms with Gasteiger partial charge in [0.2, 0.25) is 0 Å². The van der Waals surface area contributed by atoms with Crippen LogP contribution in [-0.4, -0.2) is 24.6 Å². The predicted molar refractivity (Wildman–Crippen MR) is 84.2 cm³/mol. The van der Waals surface area contributed by atoms with Gasteiger partial charge in [-0.1, -0.05) is 0 Å². The standard InChI is InChI=1S/C16H19N3O3/c1-3-22-14-5-4-12(9-15(14)21-2)19-16(20)11-6-7-18-13(8-11)10-17/h4-9H,3,10,17H2,1-2H3,(H,19,20). The van der Waals surface area contributed by atoms with Crippen molar-refractivity contribution in [1.82, 2.24) is 4.98 Å². The Labute approximate surface area is 129 Å². The Balaban J connectivity index is 2.17. The van der Waals surface area contributed by atoms with Crippen LogP contribution in [-0.2, 0) is 6.54 Å². The van der Waals surface area contributed by atoms with E-state index in [-0.39, 0.29) is 12.5 Å². The average molecular weight is 301 g/mol. The van der Waals surface area contributed by atoms with Crippen molar-refractivity contribution in [2.24, 2.45) is 5.73 Å². The highest BCUT2D eigenvalue weighted by molar-refractivity contribution is 6.04. The van der Waals surface area contributed by atoms with Gasteiger partial charge in [-0.15, -0.1) is 0 Å². The third-order valence-electron chi connectivity index (χ3n) is 3.01. The highest BCUT2D eigenvalue weighted by Crippen LogP contribution is 2.30. The second-order valence-electron chi connectivity index (χ2n) is 4.49. The minimum atomic E-state index is -0.233. The van der Waals surface area contributed by atoms with Gasteiger partial charge in [-0.05, 0) is 31.2 Å². The first-order valence-corrected chi connectivity index (χ1v) is 6.95. The largest absolute Gasteiger partial charge is 0.493 e. The first-order chi connectivity index (χ1) is 10.7. The SMILES string of the molecule is CCOc1ccc(NC(=O)c2ccnc(CN)c2)cc1OC. The van der Waals surface area contributed by atoms with E-state index < -0.39 is 0 Å². The van der Waals surface area contributed by atoms with Gasteiger partial charge in [0.25, 0.3) is 5.91 Å². The molecule has 0 saturated carbocycles. The number of carbonyl (C=O) groups is 1. The average Bonchev–Trinajstić information content (AvgIpc) is 2.56. The van der Waals surface area contributed by atoms with Crippen molar-refractivity contribution in [2.75, 3.05) is 19.0 Å². The number of amides is 1. The molecule has 116 valence electrons. The fraction of sp³-hybridized carbons (Fsp3) is 0.250. The van der Waals surface area contributed by atoms with E-state index in [4.69, 9.17) is 15.2 Å². The van der Waals surface area contributed by atoms with Gasteiger partial charge in [0.05, 0.1) is 19.4 Å². The van der Waals surface area contributed by atoms with E-state index in [0.29, 0.717) is 35.1 Å². The highest BCUT2D eigenvalue weighted by Gasteiger charge is 2.10. The molecule has 22 heavy (non-hydrogen) atoms. The summed E-state index contributed by atoms with van der Waals surface area (Å²) in [6, 6.07) is 8.54. The summed E-state index contributed by atoms with van der Waals surface area (Å²) < 4.78 is 10.7. The van der Waals surface area contributed by atoms with Crippen LogP contribution in [0.4, 0.5) is 5.69 Å². The molecule has 3 N–H and O–H groups in total. The van der Waals surface area contributed by atoms with Gasteiger partial charge in [-0.2, -0.15) is 0 Å². The van der Waals surface area contributed by atoms with Crippen LogP contribution in [0, 0.1) is 0 Å². The number of nitrogens with one attached hydrogen (secondary N) is 1. The number of pyridine rings is 1. The van der Waals surface area contributed by atoms with Gasteiger partial charge >= 0.3 is 0 Å². The van der Waals surface area contributed by atoms with Crippen LogP contribution < -0.4 is 20.5 Å². The van der Waals surface area contributed by atoms with Gasteiger partial charge in [0.1, 0.15) is 0 Å². The summed E-state index contributed by atoms with van der Waals surface area (Å²) in [6.45, 7) is 2.73. The molecule has 0 radical (unpaired) electrons. The van der Waals surface area contributed by atoms with Crippen LogP contribution in [0.25, 0.3) is 0 Å². The molecule has 0 fully saturated rings. The third kappa shape index (κ3) is 3.73. The number of hydrogen-bond acceptors (Lipinski definition) is 5. The molecule has 0 spiro atoms. The number of nitrogens with zero attached hydrogens (tertiary/aromatic N) is 1. The Morgan fingerprint density at radius 2 is 2.09 bits per heavy atom. The van der Waals surface area contributed by atoms with E-state index in [2.05, 4.69) is 10.3 Å². The zero-order valence-electron chi connectivity index (χ0n) is 12.6. The summed E-state index contributed by atoms with van der Waals surface area (Å²) in [5.74, 6) is 0.970. The molecule has 0 bridgehead atoms. The molecule has 0 atom stereocenters. The Bertz CT molecular complexity index is 659. The van der Waals surface area contributed by atoms with E-state index >= 15 is 0 Å². The Kier molecular flexibility index (Phi) is 5.32. The number of nitrogens with two attached hydrogens (primary N) is 1. The van der Waals surface area contributed by atoms with Crippen molar-refractivity contribution in [2.45, 2.75) is 13.5 Å². The summed E-state index contributed by atoms with van der Waals surface area (Å²) in [7, 11) is 1.56.